The first-order valence-electron chi connectivity index (χ1n) is 14.5. The highest BCUT2D eigenvalue weighted by Crippen LogP contribution is 2.31. The van der Waals surface area contributed by atoms with Crippen molar-refractivity contribution in [1.29, 1.82) is 0 Å². The summed E-state index contributed by atoms with van der Waals surface area (Å²) in [6.07, 6.45) is 2.88. The van der Waals surface area contributed by atoms with Gasteiger partial charge in [-0.05, 0) is 87.2 Å². The number of carbonyl (C=O) groups excluding carboxylic acids is 1. The van der Waals surface area contributed by atoms with Gasteiger partial charge in [0.05, 0.1) is 18.1 Å². The first-order valence-corrected chi connectivity index (χ1v) is 14.5. The zero-order valence-corrected chi connectivity index (χ0v) is 23.8. The standard InChI is InChI=1S/C33H40N4O3/c1-4-36(5-2)32(38)26-12-10-24(11-13-26)29(25-14-16-28(40-3)17-15-25)20-23-35-21-18-27(19-22-35)37-31-9-7-6-8-30(31)34-33(37)39/h6-17,27,29H,4-5,18-23H2,1-3H3,(H,34,39). The average Bonchev–Trinajstić information content (AvgIpc) is 3.34. The molecule has 0 aliphatic carbocycles. The topological polar surface area (TPSA) is 70.6 Å². The number of ether oxygens (including phenoxy) is 1. The molecule has 1 amide bonds. The lowest BCUT2D eigenvalue weighted by molar-refractivity contribution is 0.0773. The van der Waals surface area contributed by atoms with E-state index in [1.807, 2.05) is 71.8 Å². The van der Waals surface area contributed by atoms with Crippen LogP contribution >= 0.6 is 0 Å². The van der Waals surface area contributed by atoms with Crippen molar-refractivity contribution in [2.75, 3.05) is 39.8 Å². The van der Waals surface area contributed by atoms with Gasteiger partial charge in [0.1, 0.15) is 5.75 Å². The Hall–Kier alpha value is -3.84. The number of aromatic amines is 1. The summed E-state index contributed by atoms with van der Waals surface area (Å²) in [7, 11) is 1.69. The molecule has 3 aromatic carbocycles. The van der Waals surface area contributed by atoms with Crippen molar-refractivity contribution in [2.24, 2.45) is 0 Å². The SMILES string of the molecule is CCN(CC)C(=O)c1ccc(C(CCN2CCC(n3c(=O)[nH]c4ccccc43)CC2)c2ccc(OC)cc2)cc1. The molecular weight excluding hydrogens is 500 g/mol. The Morgan fingerprint density at radius 1 is 0.950 bits per heavy atom. The zero-order valence-electron chi connectivity index (χ0n) is 23.8. The van der Waals surface area contributed by atoms with E-state index in [9.17, 15) is 9.59 Å². The van der Waals surface area contributed by atoms with Gasteiger partial charge in [0, 0.05) is 43.7 Å². The van der Waals surface area contributed by atoms with Crippen molar-refractivity contribution in [1.82, 2.24) is 19.4 Å². The van der Waals surface area contributed by atoms with Gasteiger partial charge < -0.3 is 19.5 Å². The molecule has 40 heavy (non-hydrogen) atoms. The van der Waals surface area contributed by atoms with Crippen LogP contribution in [0.2, 0.25) is 0 Å². The third-order valence-corrected chi connectivity index (χ3v) is 8.41. The Bertz CT molecular complexity index is 1460. The van der Waals surface area contributed by atoms with Crippen LogP contribution in [0, 0.1) is 0 Å². The first-order chi connectivity index (χ1) is 19.5. The number of methoxy groups -OCH3 is 1. The van der Waals surface area contributed by atoms with Crippen LogP contribution in [0.4, 0.5) is 0 Å². The van der Waals surface area contributed by atoms with Crippen LogP contribution in [-0.2, 0) is 0 Å². The molecule has 7 nitrogen and oxygen atoms in total. The Morgan fingerprint density at radius 3 is 2.20 bits per heavy atom. The van der Waals surface area contributed by atoms with Gasteiger partial charge in [0.2, 0.25) is 0 Å². The molecule has 2 heterocycles. The maximum atomic E-state index is 12.8. The number of imidazole rings is 1. The molecule has 1 saturated heterocycles. The molecule has 210 valence electrons. The number of carbonyl (C=O) groups is 1. The number of benzene rings is 3. The number of fused-ring (bicyclic) bond motifs is 1. The van der Waals surface area contributed by atoms with E-state index in [0.29, 0.717) is 13.1 Å². The minimum atomic E-state index is -0.0119. The van der Waals surface area contributed by atoms with Crippen molar-refractivity contribution in [2.45, 2.75) is 45.1 Å². The van der Waals surface area contributed by atoms with Gasteiger partial charge in [0.15, 0.2) is 0 Å². The Kier molecular flexibility index (Phi) is 8.70. The summed E-state index contributed by atoms with van der Waals surface area (Å²) >= 11 is 0. The lowest BCUT2D eigenvalue weighted by Crippen LogP contribution is -2.37. The van der Waals surface area contributed by atoms with E-state index in [2.05, 4.69) is 34.1 Å². The fraction of sp³-hybridized carbons (Fsp3) is 0.394. The van der Waals surface area contributed by atoms with Gasteiger partial charge in [-0.15, -0.1) is 0 Å². The van der Waals surface area contributed by atoms with Crippen LogP contribution in [0.15, 0.2) is 77.6 Å². The summed E-state index contributed by atoms with van der Waals surface area (Å²) in [6, 6.07) is 24.7. The number of aromatic nitrogens is 2. The van der Waals surface area contributed by atoms with Crippen LogP contribution in [0.3, 0.4) is 0 Å². The maximum absolute atomic E-state index is 12.8. The highest BCUT2D eigenvalue weighted by molar-refractivity contribution is 5.94. The van der Waals surface area contributed by atoms with E-state index in [4.69, 9.17) is 4.74 Å². The van der Waals surface area contributed by atoms with Gasteiger partial charge >= 0.3 is 5.69 Å². The lowest BCUT2D eigenvalue weighted by Gasteiger charge is -2.33. The fourth-order valence-corrected chi connectivity index (χ4v) is 6.06. The predicted molar refractivity (Wildman–Crippen MR) is 160 cm³/mol. The third-order valence-electron chi connectivity index (χ3n) is 8.41. The van der Waals surface area contributed by atoms with Crippen molar-refractivity contribution >= 4 is 16.9 Å². The second-order valence-corrected chi connectivity index (χ2v) is 10.6. The van der Waals surface area contributed by atoms with Crippen molar-refractivity contribution in [3.63, 3.8) is 0 Å². The Morgan fingerprint density at radius 2 is 1.57 bits per heavy atom. The molecule has 7 heteroatoms. The smallest absolute Gasteiger partial charge is 0.326 e. The Labute approximate surface area is 236 Å². The third kappa shape index (κ3) is 5.85. The molecule has 4 aromatic rings. The largest absolute Gasteiger partial charge is 0.497 e. The molecule has 0 bridgehead atoms. The number of likely N-dealkylation sites (tertiary alicyclic amines) is 1. The summed E-state index contributed by atoms with van der Waals surface area (Å²) in [6.45, 7) is 8.32. The summed E-state index contributed by atoms with van der Waals surface area (Å²) in [4.78, 5) is 32.9. The number of para-hydroxylation sites is 2. The molecule has 1 aliphatic heterocycles. The molecule has 5 rings (SSSR count). The molecule has 1 fully saturated rings. The van der Waals surface area contributed by atoms with E-state index < -0.39 is 0 Å². The van der Waals surface area contributed by atoms with Crippen molar-refractivity contribution in [3.8, 4) is 5.75 Å². The molecule has 0 saturated carbocycles. The number of nitrogens with zero attached hydrogens (tertiary/aromatic N) is 3. The fourth-order valence-electron chi connectivity index (χ4n) is 6.06. The highest BCUT2D eigenvalue weighted by Gasteiger charge is 2.25. The van der Waals surface area contributed by atoms with Gasteiger partial charge in [-0.25, -0.2) is 4.79 Å². The second kappa shape index (κ2) is 12.6. The van der Waals surface area contributed by atoms with E-state index in [1.165, 1.54) is 11.1 Å². The van der Waals surface area contributed by atoms with Gasteiger partial charge in [-0.2, -0.15) is 0 Å². The first kappa shape index (κ1) is 27.7. The maximum Gasteiger partial charge on any atom is 0.326 e. The summed E-state index contributed by atoms with van der Waals surface area (Å²) in [5.74, 6) is 1.13. The van der Waals surface area contributed by atoms with Crippen LogP contribution in [0.25, 0.3) is 11.0 Å². The van der Waals surface area contributed by atoms with Crippen molar-refractivity contribution in [3.05, 3.63) is 100.0 Å². The Balaban J connectivity index is 1.29. The molecule has 1 N–H and O–H groups in total. The zero-order chi connectivity index (χ0) is 28.1. The monoisotopic (exact) mass is 540 g/mol. The highest BCUT2D eigenvalue weighted by atomic mass is 16.5. The lowest BCUT2D eigenvalue weighted by atomic mass is 9.87. The predicted octanol–water partition coefficient (Wildman–Crippen LogP) is 5.68. The van der Waals surface area contributed by atoms with Crippen LogP contribution in [-0.4, -0.2) is 65.1 Å². The number of nitrogens with one attached hydrogen (secondary N) is 1. The molecule has 1 aromatic heterocycles. The number of H-pyrrole nitrogens is 1. The summed E-state index contributed by atoms with van der Waals surface area (Å²) in [5.41, 5.74) is 5.07. The van der Waals surface area contributed by atoms with E-state index in [1.54, 1.807) is 7.11 Å². The van der Waals surface area contributed by atoms with Crippen LogP contribution < -0.4 is 10.4 Å². The van der Waals surface area contributed by atoms with Gasteiger partial charge in [0.25, 0.3) is 5.91 Å². The quantitative estimate of drug-likeness (QED) is 0.281. The number of piperidine rings is 1. The van der Waals surface area contributed by atoms with E-state index in [-0.39, 0.29) is 23.6 Å². The van der Waals surface area contributed by atoms with E-state index >= 15 is 0 Å². The van der Waals surface area contributed by atoms with Crippen LogP contribution in [0.1, 0.15) is 66.6 Å². The normalized spacial score (nSPS) is 15.3. The van der Waals surface area contributed by atoms with Gasteiger partial charge in [-0.1, -0.05) is 36.4 Å². The molecule has 0 spiro atoms. The van der Waals surface area contributed by atoms with Crippen molar-refractivity contribution < 1.29 is 9.53 Å². The van der Waals surface area contributed by atoms with Gasteiger partial charge in [-0.3, -0.25) is 9.36 Å². The minimum absolute atomic E-state index is 0.0119. The molecule has 1 atom stereocenters. The van der Waals surface area contributed by atoms with E-state index in [0.717, 1.165) is 61.2 Å². The molecule has 1 unspecified atom stereocenters. The number of amides is 1. The number of hydrogen-bond donors (Lipinski definition) is 1. The number of hydrogen-bond acceptors (Lipinski definition) is 4. The van der Waals surface area contributed by atoms with Crippen LogP contribution in [0.5, 0.6) is 5.75 Å². The second-order valence-electron chi connectivity index (χ2n) is 10.6. The average molecular weight is 541 g/mol. The number of rotatable bonds is 10. The molecule has 1 aliphatic rings. The molecule has 0 radical (unpaired) electrons. The minimum Gasteiger partial charge on any atom is -0.497 e. The summed E-state index contributed by atoms with van der Waals surface area (Å²) < 4.78 is 7.35. The summed E-state index contributed by atoms with van der Waals surface area (Å²) in [5, 5.41) is 0. The molecular formula is C33H40N4O3.